The number of ether oxygens (including phenoxy) is 3. The zero-order valence-electron chi connectivity index (χ0n) is 17.2. The molecule has 1 aliphatic heterocycles. The molecule has 3 rings (SSSR count). The van der Waals surface area contributed by atoms with E-state index in [1.807, 2.05) is 81.4 Å². The summed E-state index contributed by atoms with van der Waals surface area (Å²) in [6, 6.07) is 17.8. The van der Waals surface area contributed by atoms with Crippen LogP contribution in [0.2, 0.25) is 0 Å². The van der Waals surface area contributed by atoms with Crippen LogP contribution < -0.4 is 0 Å². The van der Waals surface area contributed by atoms with Gasteiger partial charge in [-0.25, -0.2) is 9.59 Å². The highest BCUT2D eigenvalue weighted by molar-refractivity contribution is 5.83. The lowest BCUT2D eigenvalue weighted by Gasteiger charge is -2.34. The van der Waals surface area contributed by atoms with E-state index in [-0.39, 0.29) is 6.61 Å². The number of methoxy groups -OCH3 is 1. The first-order chi connectivity index (χ1) is 13.8. The molecule has 0 N–H and O–H groups in total. The number of carbonyl (C=O) groups is 2. The summed E-state index contributed by atoms with van der Waals surface area (Å²) in [5, 5.41) is 0. The summed E-state index contributed by atoms with van der Waals surface area (Å²) in [6.07, 6.45) is -1.90. The van der Waals surface area contributed by atoms with Crippen LogP contribution in [-0.2, 0) is 25.6 Å². The Morgan fingerprint density at radius 1 is 1.00 bits per heavy atom. The van der Waals surface area contributed by atoms with E-state index in [0.29, 0.717) is 0 Å². The molecule has 29 heavy (non-hydrogen) atoms. The lowest BCUT2D eigenvalue weighted by atomic mass is 9.93. The van der Waals surface area contributed by atoms with E-state index in [4.69, 9.17) is 14.2 Å². The topological polar surface area (TPSA) is 65.1 Å². The third kappa shape index (κ3) is 4.59. The highest BCUT2D eigenvalue weighted by Crippen LogP contribution is 2.42. The molecule has 6 heteroatoms. The third-order valence-electron chi connectivity index (χ3n) is 4.84. The largest absolute Gasteiger partial charge is 0.467 e. The second-order valence-electron chi connectivity index (χ2n) is 8.10. The van der Waals surface area contributed by atoms with Gasteiger partial charge in [-0.1, -0.05) is 81.4 Å². The maximum absolute atomic E-state index is 13.1. The molecule has 1 saturated heterocycles. The smallest absolute Gasteiger partial charge is 0.413 e. The number of hydrogen-bond acceptors (Lipinski definition) is 5. The van der Waals surface area contributed by atoms with Crippen LogP contribution in [0.5, 0.6) is 0 Å². The van der Waals surface area contributed by atoms with E-state index in [0.717, 1.165) is 11.1 Å². The molecular formula is C23H27NO5. The average Bonchev–Trinajstić information content (AvgIpc) is 3.14. The van der Waals surface area contributed by atoms with Crippen LogP contribution in [-0.4, -0.2) is 36.3 Å². The fourth-order valence-electron chi connectivity index (χ4n) is 3.46. The minimum atomic E-state index is -0.935. The van der Waals surface area contributed by atoms with E-state index >= 15 is 0 Å². The van der Waals surface area contributed by atoms with Crippen molar-refractivity contribution in [2.75, 3.05) is 7.11 Å². The van der Waals surface area contributed by atoms with Crippen molar-refractivity contribution >= 4 is 12.1 Å². The quantitative estimate of drug-likeness (QED) is 0.720. The van der Waals surface area contributed by atoms with Crippen LogP contribution in [0.4, 0.5) is 4.79 Å². The molecule has 0 spiro atoms. The van der Waals surface area contributed by atoms with Gasteiger partial charge in [0, 0.05) is 5.41 Å². The fraction of sp³-hybridized carbons (Fsp3) is 0.391. The molecule has 6 nitrogen and oxygen atoms in total. The van der Waals surface area contributed by atoms with Gasteiger partial charge >= 0.3 is 12.1 Å². The minimum absolute atomic E-state index is 0.108. The molecule has 0 bridgehead atoms. The van der Waals surface area contributed by atoms with Crippen LogP contribution in [0.3, 0.4) is 0 Å². The van der Waals surface area contributed by atoms with E-state index in [1.54, 1.807) is 0 Å². The Morgan fingerprint density at radius 2 is 1.59 bits per heavy atom. The van der Waals surface area contributed by atoms with Gasteiger partial charge in [0.1, 0.15) is 18.9 Å². The fourth-order valence-corrected chi connectivity index (χ4v) is 3.46. The number of carbonyl (C=O) groups excluding carboxylic acids is 2. The molecule has 2 aromatic rings. The molecule has 3 atom stereocenters. The van der Waals surface area contributed by atoms with Crippen LogP contribution in [0, 0.1) is 5.41 Å². The van der Waals surface area contributed by atoms with Gasteiger partial charge in [-0.05, 0) is 11.1 Å². The second-order valence-corrected chi connectivity index (χ2v) is 8.10. The maximum atomic E-state index is 13.1. The Balaban J connectivity index is 1.92. The Morgan fingerprint density at radius 3 is 2.14 bits per heavy atom. The summed E-state index contributed by atoms with van der Waals surface area (Å²) in [4.78, 5) is 27.2. The Labute approximate surface area is 171 Å². The molecular weight excluding hydrogens is 370 g/mol. The highest BCUT2D eigenvalue weighted by atomic mass is 16.6. The summed E-state index contributed by atoms with van der Waals surface area (Å²) >= 11 is 0. The monoisotopic (exact) mass is 397 g/mol. The standard InChI is InChI=1S/C23H27NO5/c1-23(2,3)21-24(22(26)28-15-16-11-7-5-8-12-16)18(20(25)27-4)19(29-21)17-13-9-6-10-14-17/h5-14,18-19,21H,15H2,1-4H3/t18-,19+,21-/m1/s1. The van der Waals surface area contributed by atoms with Crippen molar-refractivity contribution in [3.8, 4) is 0 Å². The number of nitrogens with zero attached hydrogens (tertiary/aromatic N) is 1. The van der Waals surface area contributed by atoms with Crippen LogP contribution in [0.25, 0.3) is 0 Å². The van der Waals surface area contributed by atoms with Gasteiger partial charge in [0.25, 0.3) is 0 Å². The van der Waals surface area contributed by atoms with Crippen molar-refractivity contribution in [1.29, 1.82) is 0 Å². The van der Waals surface area contributed by atoms with Crippen LogP contribution in [0.15, 0.2) is 60.7 Å². The van der Waals surface area contributed by atoms with Gasteiger partial charge in [-0.15, -0.1) is 0 Å². The lowest BCUT2D eigenvalue weighted by Crippen LogP contribution is -2.50. The van der Waals surface area contributed by atoms with E-state index in [9.17, 15) is 9.59 Å². The average molecular weight is 397 g/mol. The molecule has 0 aromatic heterocycles. The highest BCUT2D eigenvalue weighted by Gasteiger charge is 2.54. The predicted molar refractivity (Wildman–Crippen MR) is 108 cm³/mol. The molecule has 0 radical (unpaired) electrons. The SMILES string of the molecule is COC(=O)[C@H]1[C@H](c2ccccc2)O[C@H](C(C)(C)C)N1C(=O)OCc1ccccc1. The molecule has 1 amide bonds. The molecule has 154 valence electrons. The van der Waals surface area contributed by atoms with E-state index < -0.39 is 35.9 Å². The molecule has 1 aliphatic rings. The van der Waals surface area contributed by atoms with Gasteiger partial charge in [0.15, 0.2) is 6.04 Å². The summed E-state index contributed by atoms with van der Waals surface area (Å²) in [5.74, 6) is -0.540. The molecule has 1 fully saturated rings. The number of amides is 1. The molecule has 2 aromatic carbocycles. The van der Waals surface area contributed by atoms with Crippen molar-refractivity contribution in [3.63, 3.8) is 0 Å². The van der Waals surface area contributed by atoms with Gasteiger partial charge in [0.05, 0.1) is 7.11 Å². The molecule has 1 heterocycles. The Kier molecular flexibility index (Phi) is 6.23. The Bertz CT molecular complexity index is 831. The number of rotatable bonds is 4. The molecule has 0 unspecified atom stereocenters. The third-order valence-corrected chi connectivity index (χ3v) is 4.84. The van der Waals surface area contributed by atoms with Crippen molar-refractivity contribution in [1.82, 2.24) is 4.90 Å². The van der Waals surface area contributed by atoms with E-state index in [1.165, 1.54) is 12.0 Å². The lowest BCUT2D eigenvalue weighted by molar-refractivity contribution is -0.146. The summed E-state index contributed by atoms with van der Waals surface area (Å²) in [5.41, 5.74) is 1.22. The maximum Gasteiger partial charge on any atom is 0.413 e. The van der Waals surface area contributed by atoms with Crippen molar-refractivity contribution in [2.24, 2.45) is 5.41 Å². The first kappa shape index (κ1) is 20.9. The van der Waals surface area contributed by atoms with Crippen LogP contribution >= 0.6 is 0 Å². The predicted octanol–water partition coefficient (Wildman–Crippen LogP) is 4.31. The van der Waals surface area contributed by atoms with Gasteiger partial charge in [-0.2, -0.15) is 0 Å². The number of esters is 1. The first-order valence-corrected chi connectivity index (χ1v) is 9.60. The van der Waals surface area contributed by atoms with Gasteiger partial charge in [-0.3, -0.25) is 4.90 Å². The van der Waals surface area contributed by atoms with Crippen molar-refractivity contribution in [3.05, 3.63) is 71.8 Å². The molecule has 0 saturated carbocycles. The minimum Gasteiger partial charge on any atom is -0.467 e. The van der Waals surface area contributed by atoms with Gasteiger partial charge < -0.3 is 14.2 Å². The first-order valence-electron chi connectivity index (χ1n) is 9.60. The van der Waals surface area contributed by atoms with Crippen molar-refractivity contribution in [2.45, 2.75) is 45.8 Å². The Hall–Kier alpha value is -2.86. The zero-order chi connectivity index (χ0) is 21.0. The van der Waals surface area contributed by atoms with Crippen molar-refractivity contribution < 1.29 is 23.8 Å². The summed E-state index contributed by atoms with van der Waals surface area (Å²) in [7, 11) is 1.31. The van der Waals surface area contributed by atoms with Gasteiger partial charge in [0.2, 0.25) is 0 Å². The summed E-state index contributed by atoms with van der Waals surface area (Å²) in [6.45, 7) is 5.97. The number of hydrogen-bond donors (Lipinski definition) is 0. The molecule has 0 aliphatic carbocycles. The zero-order valence-corrected chi connectivity index (χ0v) is 17.2. The van der Waals surface area contributed by atoms with E-state index in [2.05, 4.69) is 0 Å². The second kappa shape index (κ2) is 8.66. The van der Waals surface area contributed by atoms with Crippen LogP contribution in [0.1, 0.15) is 38.0 Å². The number of benzene rings is 2. The normalized spacial score (nSPS) is 21.7. The summed E-state index contributed by atoms with van der Waals surface area (Å²) < 4.78 is 16.8.